The molecule has 0 unspecified atom stereocenters. The number of ether oxygens (including phenoxy) is 2. The van der Waals surface area contributed by atoms with Gasteiger partial charge in [-0.25, -0.2) is 0 Å². The van der Waals surface area contributed by atoms with Crippen LogP contribution in [0.1, 0.15) is 18.4 Å². The van der Waals surface area contributed by atoms with Crippen LogP contribution in [-0.4, -0.2) is 43.4 Å². The van der Waals surface area contributed by atoms with Crippen LogP contribution in [0.5, 0.6) is 11.5 Å². The number of hydrogen-bond donors (Lipinski definition) is 1. The van der Waals surface area contributed by atoms with Crippen molar-refractivity contribution in [3.05, 3.63) is 66.2 Å². The number of methoxy groups -OCH3 is 2. The molecule has 1 aromatic heterocycles. The molecule has 1 amide bonds. The maximum Gasteiger partial charge on any atom is 0.225 e. The third-order valence-electron chi connectivity index (χ3n) is 5.75. The maximum atomic E-state index is 12.8. The second-order valence-corrected chi connectivity index (χ2v) is 7.84. The molecule has 0 spiro atoms. The number of rotatable bonds is 7. The fraction of sp³-hybridized carbons (Fsp3) is 0.320. The van der Waals surface area contributed by atoms with Crippen molar-refractivity contribution < 1.29 is 14.3 Å². The van der Waals surface area contributed by atoms with Crippen molar-refractivity contribution in [3.8, 4) is 22.8 Å². The minimum atomic E-state index is -0.0838. The number of aromatic nitrogens is 2. The summed E-state index contributed by atoms with van der Waals surface area (Å²) in [5, 5.41) is 11.9. The lowest BCUT2D eigenvalue weighted by molar-refractivity contribution is -0.125. The van der Waals surface area contributed by atoms with Gasteiger partial charge < -0.3 is 19.7 Å². The van der Waals surface area contributed by atoms with Crippen LogP contribution in [0.25, 0.3) is 11.3 Å². The Morgan fingerprint density at radius 3 is 2.56 bits per heavy atom. The third kappa shape index (κ3) is 4.99. The summed E-state index contributed by atoms with van der Waals surface area (Å²) < 4.78 is 10.6. The van der Waals surface area contributed by atoms with Gasteiger partial charge in [0.2, 0.25) is 5.91 Å². The van der Waals surface area contributed by atoms with Crippen molar-refractivity contribution in [3.63, 3.8) is 0 Å². The third-order valence-corrected chi connectivity index (χ3v) is 5.75. The Labute approximate surface area is 188 Å². The van der Waals surface area contributed by atoms with Gasteiger partial charge in [-0.2, -0.15) is 0 Å². The maximum absolute atomic E-state index is 12.8. The summed E-state index contributed by atoms with van der Waals surface area (Å²) in [5.41, 5.74) is 2.85. The van der Waals surface area contributed by atoms with Gasteiger partial charge in [-0.1, -0.05) is 36.4 Å². The molecule has 1 aliphatic rings. The molecule has 2 aromatic carbocycles. The van der Waals surface area contributed by atoms with E-state index in [2.05, 4.69) is 20.4 Å². The van der Waals surface area contributed by atoms with Crippen LogP contribution in [0, 0.1) is 5.92 Å². The summed E-state index contributed by atoms with van der Waals surface area (Å²) in [4.78, 5) is 15.0. The van der Waals surface area contributed by atoms with Crippen LogP contribution in [0.15, 0.2) is 60.7 Å². The number of carbonyl (C=O) groups is 1. The number of nitrogens with zero attached hydrogens (tertiary/aromatic N) is 3. The molecule has 7 heteroatoms. The predicted molar refractivity (Wildman–Crippen MR) is 124 cm³/mol. The van der Waals surface area contributed by atoms with Crippen LogP contribution < -0.4 is 19.7 Å². The molecule has 0 radical (unpaired) electrons. The molecule has 166 valence electrons. The van der Waals surface area contributed by atoms with Crippen molar-refractivity contribution in [2.75, 3.05) is 32.2 Å². The number of anilines is 1. The monoisotopic (exact) mass is 432 g/mol. The highest BCUT2D eigenvalue weighted by molar-refractivity contribution is 5.79. The van der Waals surface area contributed by atoms with Gasteiger partial charge in [0.25, 0.3) is 0 Å². The van der Waals surface area contributed by atoms with Gasteiger partial charge in [0.1, 0.15) is 0 Å². The zero-order chi connectivity index (χ0) is 22.3. The number of nitrogens with one attached hydrogen (secondary N) is 1. The van der Waals surface area contributed by atoms with Crippen molar-refractivity contribution in [1.82, 2.24) is 15.5 Å². The molecule has 0 aliphatic carbocycles. The van der Waals surface area contributed by atoms with E-state index >= 15 is 0 Å². The largest absolute Gasteiger partial charge is 0.493 e. The fourth-order valence-electron chi connectivity index (χ4n) is 3.98. The average molecular weight is 433 g/mol. The quantitative estimate of drug-likeness (QED) is 0.614. The fourth-order valence-corrected chi connectivity index (χ4v) is 3.98. The Balaban J connectivity index is 1.36. The first-order chi connectivity index (χ1) is 15.7. The van der Waals surface area contributed by atoms with E-state index in [9.17, 15) is 4.79 Å². The van der Waals surface area contributed by atoms with Gasteiger partial charge >= 0.3 is 0 Å². The summed E-state index contributed by atoms with van der Waals surface area (Å²) >= 11 is 0. The zero-order valence-electron chi connectivity index (χ0n) is 18.5. The molecule has 1 aliphatic heterocycles. The molecular formula is C25H28N4O3. The first kappa shape index (κ1) is 21.6. The molecule has 1 N–H and O–H groups in total. The molecule has 0 bridgehead atoms. The number of carbonyl (C=O) groups excluding carboxylic acids is 1. The van der Waals surface area contributed by atoms with E-state index in [-0.39, 0.29) is 11.8 Å². The summed E-state index contributed by atoms with van der Waals surface area (Å²) in [5.74, 6) is 2.10. The summed E-state index contributed by atoms with van der Waals surface area (Å²) in [6, 6.07) is 19.6. The van der Waals surface area contributed by atoms with Crippen LogP contribution in [0.2, 0.25) is 0 Å². The Morgan fingerprint density at radius 2 is 1.84 bits per heavy atom. The molecule has 32 heavy (non-hydrogen) atoms. The molecule has 1 fully saturated rings. The van der Waals surface area contributed by atoms with Gasteiger partial charge in [0.15, 0.2) is 17.3 Å². The molecule has 1 atom stereocenters. The average Bonchev–Trinajstić information content (AvgIpc) is 2.87. The number of amides is 1. The van der Waals surface area contributed by atoms with Crippen molar-refractivity contribution in [1.29, 1.82) is 0 Å². The lowest BCUT2D eigenvalue weighted by atomic mass is 9.97. The Kier molecular flexibility index (Phi) is 6.84. The SMILES string of the molecule is COc1ccc(CNC(=O)[C@@H]2CCCN(c3ccc(-c4ccccc4)nn3)C2)cc1OC. The van der Waals surface area contributed by atoms with Crippen molar-refractivity contribution in [2.24, 2.45) is 5.92 Å². The Hall–Kier alpha value is -3.61. The van der Waals surface area contributed by atoms with E-state index in [1.165, 1.54) is 0 Å². The van der Waals surface area contributed by atoms with E-state index in [0.717, 1.165) is 42.0 Å². The Morgan fingerprint density at radius 1 is 1.03 bits per heavy atom. The van der Waals surface area contributed by atoms with Gasteiger partial charge in [0, 0.05) is 25.2 Å². The van der Waals surface area contributed by atoms with Gasteiger partial charge in [0.05, 0.1) is 25.8 Å². The minimum absolute atomic E-state index is 0.0540. The number of piperidine rings is 1. The van der Waals surface area contributed by atoms with E-state index in [1.54, 1.807) is 14.2 Å². The van der Waals surface area contributed by atoms with Crippen molar-refractivity contribution >= 4 is 11.7 Å². The normalized spacial score (nSPS) is 15.8. The summed E-state index contributed by atoms with van der Waals surface area (Å²) in [7, 11) is 3.21. The number of benzene rings is 2. The minimum Gasteiger partial charge on any atom is -0.493 e. The van der Waals surface area contributed by atoms with Gasteiger partial charge in [-0.05, 0) is 42.7 Å². The lowest BCUT2D eigenvalue weighted by Gasteiger charge is -2.32. The van der Waals surface area contributed by atoms with Gasteiger partial charge in [-0.15, -0.1) is 10.2 Å². The van der Waals surface area contributed by atoms with Gasteiger partial charge in [-0.3, -0.25) is 4.79 Å². The molecule has 2 heterocycles. The second-order valence-electron chi connectivity index (χ2n) is 7.84. The summed E-state index contributed by atoms with van der Waals surface area (Å²) in [6.07, 6.45) is 1.81. The van der Waals surface area contributed by atoms with Crippen LogP contribution >= 0.6 is 0 Å². The predicted octanol–water partition coefficient (Wildman–Crippen LogP) is 3.69. The molecule has 1 saturated heterocycles. The lowest BCUT2D eigenvalue weighted by Crippen LogP contribution is -2.43. The first-order valence-corrected chi connectivity index (χ1v) is 10.8. The first-order valence-electron chi connectivity index (χ1n) is 10.8. The van der Waals surface area contributed by atoms with E-state index in [1.807, 2.05) is 60.7 Å². The summed E-state index contributed by atoms with van der Waals surface area (Å²) in [6.45, 7) is 1.96. The van der Waals surface area contributed by atoms with E-state index in [4.69, 9.17) is 9.47 Å². The standard InChI is InChI=1S/C25H28N4O3/c1-31-22-12-10-18(15-23(22)32-2)16-26-25(30)20-9-6-14-29(17-20)24-13-11-21(27-28-24)19-7-4-3-5-8-19/h3-5,7-8,10-13,15,20H,6,9,14,16-17H2,1-2H3,(H,26,30)/t20-/m1/s1. The number of hydrogen-bond acceptors (Lipinski definition) is 6. The molecule has 0 saturated carbocycles. The van der Waals surface area contributed by atoms with E-state index in [0.29, 0.717) is 24.6 Å². The highest BCUT2D eigenvalue weighted by Crippen LogP contribution is 2.28. The highest BCUT2D eigenvalue weighted by Gasteiger charge is 2.26. The molecule has 4 rings (SSSR count). The molecule has 3 aromatic rings. The van der Waals surface area contributed by atoms with Crippen LogP contribution in [0.3, 0.4) is 0 Å². The molecule has 7 nitrogen and oxygen atoms in total. The van der Waals surface area contributed by atoms with E-state index < -0.39 is 0 Å². The Bertz CT molecular complexity index is 1040. The van der Waals surface area contributed by atoms with Crippen LogP contribution in [0.4, 0.5) is 5.82 Å². The van der Waals surface area contributed by atoms with Crippen molar-refractivity contribution in [2.45, 2.75) is 19.4 Å². The van der Waals surface area contributed by atoms with Crippen LogP contribution in [-0.2, 0) is 11.3 Å². The topological polar surface area (TPSA) is 76.6 Å². The molecular weight excluding hydrogens is 404 g/mol. The smallest absolute Gasteiger partial charge is 0.225 e. The highest BCUT2D eigenvalue weighted by atomic mass is 16.5. The zero-order valence-corrected chi connectivity index (χ0v) is 18.5. The second kappa shape index (κ2) is 10.1.